The second-order valence-electron chi connectivity index (χ2n) is 6.43. The van der Waals surface area contributed by atoms with Crippen LogP contribution in [-0.4, -0.2) is 58.5 Å². The summed E-state index contributed by atoms with van der Waals surface area (Å²) in [6.07, 6.45) is 7.26. The molecule has 26 heavy (non-hydrogen) atoms. The van der Waals surface area contributed by atoms with E-state index in [0.717, 1.165) is 40.8 Å². The van der Waals surface area contributed by atoms with Crippen molar-refractivity contribution in [3.63, 3.8) is 0 Å². The Labute approximate surface area is 151 Å². The Kier molecular flexibility index (Phi) is 4.95. The number of carbonyl (C=O) groups excluding carboxylic acids is 1. The number of pyridine rings is 1. The topological polar surface area (TPSA) is 68.2 Å². The Hall–Kier alpha value is -2.70. The fourth-order valence-electron chi connectivity index (χ4n) is 3.16. The summed E-state index contributed by atoms with van der Waals surface area (Å²) in [6, 6.07) is 8.09. The molecule has 1 aliphatic rings. The second kappa shape index (κ2) is 7.68. The predicted molar refractivity (Wildman–Crippen MR) is 98.7 cm³/mol. The van der Waals surface area contributed by atoms with Crippen LogP contribution in [-0.2, 0) is 16.0 Å². The van der Waals surface area contributed by atoms with Gasteiger partial charge < -0.3 is 4.74 Å². The number of rotatable bonds is 5. The van der Waals surface area contributed by atoms with Crippen molar-refractivity contribution in [2.24, 2.45) is 0 Å². The number of ether oxygens (including phenoxy) is 1. The molecule has 0 radical (unpaired) electrons. The number of ketones is 1. The molecule has 1 aromatic carbocycles. The van der Waals surface area contributed by atoms with Gasteiger partial charge in [-0.05, 0) is 17.5 Å². The molecule has 0 aliphatic carbocycles. The maximum Gasteiger partial charge on any atom is 0.152 e. The Bertz CT molecular complexity index is 908. The molecule has 1 aliphatic heterocycles. The normalized spacial score (nSPS) is 15.2. The number of Topliss-reactive ketones (excluding diaryl/α,β-unsaturated/α-hetero) is 1. The van der Waals surface area contributed by atoms with E-state index >= 15 is 0 Å². The van der Waals surface area contributed by atoms with Crippen LogP contribution in [0.1, 0.15) is 5.69 Å². The first-order chi connectivity index (χ1) is 12.8. The zero-order valence-corrected chi connectivity index (χ0v) is 14.5. The van der Waals surface area contributed by atoms with Crippen LogP contribution in [0.15, 0.2) is 49.1 Å². The van der Waals surface area contributed by atoms with Crippen molar-refractivity contribution in [1.29, 1.82) is 0 Å². The lowest BCUT2D eigenvalue weighted by molar-refractivity contribution is -0.120. The smallest absolute Gasteiger partial charge is 0.152 e. The van der Waals surface area contributed by atoms with E-state index in [1.54, 1.807) is 18.6 Å². The van der Waals surface area contributed by atoms with Crippen LogP contribution in [0.25, 0.3) is 22.0 Å². The van der Waals surface area contributed by atoms with Gasteiger partial charge in [-0.15, -0.1) is 0 Å². The fraction of sp³-hybridized carbons (Fsp3) is 0.300. The molecule has 0 bridgehead atoms. The van der Waals surface area contributed by atoms with E-state index in [1.807, 2.05) is 24.4 Å². The average molecular weight is 348 g/mol. The first-order valence-corrected chi connectivity index (χ1v) is 8.75. The highest BCUT2D eigenvalue weighted by atomic mass is 16.5. The van der Waals surface area contributed by atoms with Gasteiger partial charge in [-0.3, -0.25) is 24.6 Å². The van der Waals surface area contributed by atoms with Crippen molar-refractivity contribution in [1.82, 2.24) is 19.9 Å². The predicted octanol–water partition coefficient (Wildman–Crippen LogP) is 2.14. The molecule has 2 aromatic heterocycles. The van der Waals surface area contributed by atoms with E-state index in [1.165, 1.54) is 0 Å². The van der Waals surface area contributed by atoms with Gasteiger partial charge in [0.25, 0.3) is 0 Å². The van der Waals surface area contributed by atoms with Crippen LogP contribution in [0.5, 0.6) is 0 Å². The second-order valence-corrected chi connectivity index (χ2v) is 6.43. The number of aromatic nitrogens is 3. The summed E-state index contributed by atoms with van der Waals surface area (Å²) < 4.78 is 5.32. The quantitative estimate of drug-likeness (QED) is 0.704. The van der Waals surface area contributed by atoms with Crippen LogP contribution in [0.3, 0.4) is 0 Å². The Morgan fingerprint density at radius 3 is 2.73 bits per heavy atom. The van der Waals surface area contributed by atoms with Crippen LogP contribution in [0.2, 0.25) is 0 Å². The first kappa shape index (κ1) is 16.8. The molecule has 1 saturated heterocycles. The molecule has 3 aromatic rings. The van der Waals surface area contributed by atoms with Crippen molar-refractivity contribution in [2.45, 2.75) is 6.42 Å². The molecule has 0 saturated carbocycles. The number of morpholine rings is 1. The van der Waals surface area contributed by atoms with Gasteiger partial charge in [0.1, 0.15) is 0 Å². The third-order valence-corrected chi connectivity index (χ3v) is 4.52. The summed E-state index contributed by atoms with van der Waals surface area (Å²) in [5.74, 6) is 0.184. The lowest BCUT2D eigenvalue weighted by atomic mass is 10.0. The number of benzene rings is 1. The molecule has 6 heteroatoms. The lowest BCUT2D eigenvalue weighted by Crippen LogP contribution is -2.39. The maximum absolute atomic E-state index is 12.4. The van der Waals surface area contributed by atoms with Gasteiger partial charge in [-0.2, -0.15) is 0 Å². The maximum atomic E-state index is 12.4. The zero-order valence-electron chi connectivity index (χ0n) is 14.5. The molecule has 3 heterocycles. The molecule has 0 unspecified atom stereocenters. The highest BCUT2D eigenvalue weighted by Gasteiger charge is 2.15. The lowest BCUT2D eigenvalue weighted by Gasteiger charge is -2.25. The monoisotopic (exact) mass is 348 g/mol. The highest BCUT2D eigenvalue weighted by molar-refractivity contribution is 5.88. The number of hydrogen-bond donors (Lipinski definition) is 0. The Balaban J connectivity index is 1.51. The van der Waals surface area contributed by atoms with Crippen molar-refractivity contribution in [3.05, 3.63) is 54.7 Å². The van der Waals surface area contributed by atoms with E-state index in [9.17, 15) is 4.79 Å². The van der Waals surface area contributed by atoms with Gasteiger partial charge in [0.15, 0.2) is 5.78 Å². The molecule has 132 valence electrons. The van der Waals surface area contributed by atoms with Crippen molar-refractivity contribution in [3.8, 4) is 11.3 Å². The molecule has 0 spiro atoms. The van der Waals surface area contributed by atoms with E-state index in [2.05, 4.69) is 25.9 Å². The molecular formula is C20H20N4O2. The zero-order chi connectivity index (χ0) is 17.8. The number of nitrogens with zero attached hydrogens (tertiary/aromatic N) is 4. The summed E-state index contributed by atoms with van der Waals surface area (Å²) in [5, 5.41) is 2.10. The molecule has 0 N–H and O–H groups in total. The summed E-state index contributed by atoms with van der Waals surface area (Å²) in [6.45, 7) is 3.50. The summed E-state index contributed by atoms with van der Waals surface area (Å²) in [5.41, 5.74) is 2.63. The molecule has 0 amide bonds. The van der Waals surface area contributed by atoms with Gasteiger partial charge in [-0.1, -0.05) is 12.1 Å². The summed E-state index contributed by atoms with van der Waals surface area (Å²) >= 11 is 0. The minimum absolute atomic E-state index is 0.184. The Morgan fingerprint density at radius 2 is 1.92 bits per heavy atom. The minimum atomic E-state index is 0.184. The molecule has 6 nitrogen and oxygen atoms in total. The van der Waals surface area contributed by atoms with Gasteiger partial charge >= 0.3 is 0 Å². The Morgan fingerprint density at radius 1 is 1.04 bits per heavy atom. The van der Waals surface area contributed by atoms with Crippen LogP contribution >= 0.6 is 0 Å². The SMILES string of the molecule is O=C(Cc1cc2cc(-c3cnccn3)ccc2cn1)CN1CCOCC1. The average Bonchev–Trinajstić information content (AvgIpc) is 2.69. The van der Waals surface area contributed by atoms with Crippen molar-refractivity contribution in [2.75, 3.05) is 32.8 Å². The standard InChI is InChI=1S/C20H20N4O2/c25-19(14-24-5-7-26-8-6-24)11-18-10-17-9-15(1-2-16(17)12-23-18)20-13-21-3-4-22-20/h1-4,9-10,12-13H,5-8,11,14H2. The van der Waals surface area contributed by atoms with E-state index in [-0.39, 0.29) is 5.78 Å². The van der Waals surface area contributed by atoms with Crippen molar-refractivity contribution >= 4 is 16.6 Å². The van der Waals surface area contributed by atoms with Crippen LogP contribution in [0, 0.1) is 0 Å². The van der Waals surface area contributed by atoms with E-state index in [4.69, 9.17) is 4.74 Å². The third kappa shape index (κ3) is 3.92. The van der Waals surface area contributed by atoms with Gasteiger partial charge in [0.05, 0.1) is 38.1 Å². The number of hydrogen-bond acceptors (Lipinski definition) is 6. The van der Waals surface area contributed by atoms with Gasteiger partial charge in [-0.25, -0.2) is 0 Å². The molecular weight excluding hydrogens is 328 g/mol. The molecule has 0 atom stereocenters. The van der Waals surface area contributed by atoms with Gasteiger partial charge in [0.2, 0.25) is 0 Å². The first-order valence-electron chi connectivity index (χ1n) is 8.75. The van der Waals surface area contributed by atoms with Crippen molar-refractivity contribution < 1.29 is 9.53 Å². The van der Waals surface area contributed by atoms with Crippen LogP contribution < -0.4 is 0 Å². The number of fused-ring (bicyclic) bond motifs is 1. The van der Waals surface area contributed by atoms with E-state index in [0.29, 0.717) is 26.2 Å². The largest absolute Gasteiger partial charge is 0.379 e. The number of carbonyl (C=O) groups is 1. The highest BCUT2D eigenvalue weighted by Crippen LogP contribution is 2.22. The summed E-state index contributed by atoms with van der Waals surface area (Å²) in [7, 11) is 0. The summed E-state index contributed by atoms with van der Waals surface area (Å²) in [4.78, 5) is 27.4. The molecule has 1 fully saturated rings. The van der Waals surface area contributed by atoms with Gasteiger partial charge in [0, 0.05) is 48.3 Å². The van der Waals surface area contributed by atoms with Crippen LogP contribution in [0.4, 0.5) is 0 Å². The van der Waals surface area contributed by atoms with E-state index < -0.39 is 0 Å². The minimum Gasteiger partial charge on any atom is -0.379 e. The molecule has 4 rings (SSSR count). The fourth-order valence-corrected chi connectivity index (χ4v) is 3.16. The third-order valence-electron chi connectivity index (χ3n) is 4.52.